The Morgan fingerprint density at radius 2 is 1.54 bits per heavy atom. The predicted octanol–water partition coefficient (Wildman–Crippen LogP) is 6.13. The smallest absolute Gasteiger partial charge is 0.573 e. The van der Waals surface area contributed by atoms with Crippen molar-refractivity contribution in [3.8, 4) is 22.6 Å². The molecule has 0 N–H and O–H groups in total. The van der Waals surface area contributed by atoms with E-state index in [1.807, 2.05) is 0 Å². The third kappa shape index (κ3) is 5.01. The minimum atomic E-state index is -4.62. The molecule has 0 aliphatic rings. The number of pyridine rings is 2. The zero-order valence-corrected chi connectivity index (χ0v) is 20.3. The van der Waals surface area contributed by atoms with Crippen LogP contribution >= 0.6 is 0 Å². The van der Waals surface area contributed by atoms with Crippen LogP contribution in [0.1, 0.15) is 30.9 Å². The molecule has 0 saturated heterocycles. The standard InChI is InChI=1S/C24H14F5N5.Pt/c1-23(2,19-9-5-7-16(32-19)17-12-20(34-33-17)24(27,28)29)18-8-4-6-15(31-18)13-10-11-14(25)22(30-3)21(13)26;/h4-9,11-12H,1-2H3;/q-2;+2. The van der Waals surface area contributed by atoms with E-state index in [9.17, 15) is 22.0 Å². The number of nitrogens with zero attached hydrogens (tertiary/aromatic N) is 5. The molecule has 0 bridgehead atoms. The first-order valence-corrected chi connectivity index (χ1v) is 9.83. The van der Waals surface area contributed by atoms with Crippen LogP contribution in [0.4, 0.5) is 27.6 Å². The van der Waals surface area contributed by atoms with Crippen LogP contribution in [0.5, 0.6) is 0 Å². The van der Waals surface area contributed by atoms with Gasteiger partial charge in [-0.05, 0) is 43.8 Å². The van der Waals surface area contributed by atoms with Crippen molar-refractivity contribution >= 4 is 5.69 Å². The van der Waals surface area contributed by atoms with Crippen LogP contribution in [-0.4, -0.2) is 15.1 Å². The summed E-state index contributed by atoms with van der Waals surface area (Å²) in [5.41, 5.74) is -1.64. The topological polar surface area (TPSA) is 57.1 Å². The van der Waals surface area contributed by atoms with Crippen LogP contribution in [-0.2, 0) is 32.7 Å². The van der Waals surface area contributed by atoms with Crippen molar-refractivity contribution in [3.63, 3.8) is 0 Å². The average molecular weight is 662 g/mol. The molecule has 0 unspecified atom stereocenters. The second kappa shape index (κ2) is 9.67. The number of hydrogen-bond acceptors (Lipinski definition) is 3. The molecule has 4 aromatic rings. The molecule has 3 aromatic heterocycles. The van der Waals surface area contributed by atoms with Crippen molar-refractivity contribution in [1.29, 1.82) is 0 Å². The van der Waals surface area contributed by atoms with Gasteiger partial charge in [0, 0.05) is 28.4 Å². The van der Waals surface area contributed by atoms with Gasteiger partial charge in [-0.25, -0.2) is 0 Å². The third-order valence-electron chi connectivity index (χ3n) is 5.24. The number of hydrogen-bond donors (Lipinski definition) is 0. The Morgan fingerprint density at radius 1 is 0.943 bits per heavy atom. The summed E-state index contributed by atoms with van der Waals surface area (Å²) in [5.74, 6) is -2.08. The first-order chi connectivity index (χ1) is 16.0. The van der Waals surface area contributed by atoms with Gasteiger partial charge in [0.2, 0.25) is 0 Å². The molecule has 35 heavy (non-hydrogen) atoms. The van der Waals surface area contributed by atoms with Crippen molar-refractivity contribution in [3.05, 3.63) is 94.7 Å². The quantitative estimate of drug-likeness (QED) is 0.195. The largest absolute Gasteiger partial charge is 2.00 e. The van der Waals surface area contributed by atoms with E-state index in [-0.39, 0.29) is 43.7 Å². The Bertz CT molecular complexity index is 1420. The van der Waals surface area contributed by atoms with Gasteiger partial charge >= 0.3 is 27.2 Å². The monoisotopic (exact) mass is 662 g/mol. The molecule has 1 aromatic carbocycles. The third-order valence-corrected chi connectivity index (χ3v) is 5.24. The van der Waals surface area contributed by atoms with Gasteiger partial charge < -0.3 is 15.2 Å². The molecule has 0 aliphatic carbocycles. The molecule has 0 aliphatic heterocycles. The Labute approximate surface area is 211 Å². The van der Waals surface area contributed by atoms with Crippen LogP contribution in [0, 0.1) is 24.3 Å². The second-order valence-electron chi connectivity index (χ2n) is 7.84. The summed E-state index contributed by atoms with van der Waals surface area (Å²) >= 11 is 0. The maximum Gasteiger partial charge on any atom is 2.00 e. The molecule has 11 heteroatoms. The summed E-state index contributed by atoms with van der Waals surface area (Å²) in [6, 6.07) is 13.8. The number of alkyl halides is 3. The molecule has 0 spiro atoms. The van der Waals surface area contributed by atoms with Gasteiger partial charge in [-0.3, -0.25) is 18.6 Å². The van der Waals surface area contributed by atoms with Gasteiger partial charge in [0.25, 0.3) is 0 Å². The molecular formula is C24H14F5N5Pt. The number of halogens is 5. The van der Waals surface area contributed by atoms with E-state index in [0.717, 1.165) is 12.1 Å². The molecule has 0 saturated carbocycles. The van der Waals surface area contributed by atoms with Gasteiger partial charge in [0.15, 0.2) is 5.69 Å². The Kier molecular flexibility index (Phi) is 7.23. The Morgan fingerprint density at radius 3 is 2.11 bits per heavy atom. The average Bonchev–Trinajstić information content (AvgIpc) is 3.31. The number of rotatable bonds is 4. The fraction of sp³-hybridized carbons (Fsp3) is 0.167. The van der Waals surface area contributed by atoms with Gasteiger partial charge in [-0.2, -0.15) is 13.2 Å². The molecule has 0 radical (unpaired) electrons. The first kappa shape index (κ1) is 26.2. The van der Waals surface area contributed by atoms with Crippen LogP contribution in [0.3, 0.4) is 0 Å². The fourth-order valence-corrected chi connectivity index (χ4v) is 3.32. The zero-order valence-electron chi connectivity index (χ0n) is 18.1. The summed E-state index contributed by atoms with van der Waals surface area (Å²) in [6.45, 7) is 10.6. The van der Waals surface area contributed by atoms with E-state index >= 15 is 0 Å². The van der Waals surface area contributed by atoms with E-state index < -0.39 is 34.6 Å². The van der Waals surface area contributed by atoms with Crippen molar-refractivity contribution < 1.29 is 43.0 Å². The Balaban J connectivity index is 0.00000342. The molecule has 0 amide bonds. The molecule has 180 valence electrons. The normalized spacial score (nSPS) is 11.6. The number of aromatic nitrogens is 4. The summed E-state index contributed by atoms with van der Waals surface area (Å²) < 4.78 is 67.0. The van der Waals surface area contributed by atoms with Crippen molar-refractivity contribution in [2.75, 3.05) is 0 Å². The summed E-state index contributed by atoms with van der Waals surface area (Å²) in [5, 5.41) is 6.76. The summed E-state index contributed by atoms with van der Waals surface area (Å²) in [7, 11) is 0. The maximum atomic E-state index is 14.7. The van der Waals surface area contributed by atoms with E-state index in [1.54, 1.807) is 38.1 Å². The van der Waals surface area contributed by atoms with E-state index in [2.05, 4.69) is 31.1 Å². The summed E-state index contributed by atoms with van der Waals surface area (Å²) in [4.78, 5) is 11.8. The van der Waals surface area contributed by atoms with Gasteiger partial charge in [-0.1, -0.05) is 23.9 Å². The van der Waals surface area contributed by atoms with Gasteiger partial charge in [-0.15, -0.1) is 17.7 Å². The van der Waals surface area contributed by atoms with Crippen LogP contribution in [0.25, 0.3) is 27.5 Å². The zero-order chi connectivity index (χ0) is 24.7. The fourth-order valence-electron chi connectivity index (χ4n) is 3.32. The number of benzene rings is 1. The van der Waals surface area contributed by atoms with E-state index in [1.165, 1.54) is 12.1 Å². The molecular weight excluding hydrogens is 648 g/mol. The van der Waals surface area contributed by atoms with E-state index in [0.29, 0.717) is 11.4 Å². The summed E-state index contributed by atoms with van der Waals surface area (Å²) in [6.07, 6.45) is -4.62. The molecule has 5 nitrogen and oxygen atoms in total. The van der Waals surface area contributed by atoms with Crippen LogP contribution < -0.4 is 5.10 Å². The van der Waals surface area contributed by atoms with Crippen molar-refractivity contribution in [1.82, 2.24) is 20.2 Å². The minimum Gasteiger partial charge on any atom is -0.573 e. The molecule has 3 heterocycles. The van der Waals surface area contributed by atoms with Crippen LogP contribution in [0.15, 0.2) is 48.5 Å². The molecule has 0 fully saturated rings. The molecule has 4 rings (SSSR count). The first-order valence-electron chi connectivity index (χ1n) is 9.83. The minimum absolute atomic E-state index is 0. The molecule has 0 atom stereocenters. The van der Waals surface area contributed by atoms with E-state index in [4.69, 9.17) is 6.57 Å². The SMILES string of the molecule is [C-]#[N+]c1c(F)c[c-]c(-c2cccc(C(C)(C)c3cccc(-c4cc(C(F)(F)F)n[n-]4)n3)n2)c1F.[Pt+2]. The maximum absolute atomic E-state index is 14.7. The van der Waals surface area contributed by atoms with Crippen molar-refractivity contribution in [2.45, 2.75) is 25.4 Å². The van der Waals surface area contributed by atoms with Crippen LogP contribution in [0.2, 0.25) is 0 Å². The second-order valence-corrected chi connectivity index (χ2v) is 7.84. The van der Waals surface area contributed by atoms with Gasteiger partial charge in [0.05, 0.1) is 12.3 Å². The van der Waals surface area contributed by atoms with Crippen molar-refractivity contribution in [2.24, 2.45) is 0 Å². The predicted molar refractivity (Wildman–Crippen MR) is 113 cm³/mol. The Hall–Kier alpha value is -3.44. The van der Waals surface area contributed by atoms with Gasteiger partial charge in [0.1, 0.15) is 5.69 Å².